The zero-order chi connectivity index (χ0) is 22.1. The minimum Gasteiger partial charge on any atom is -0.490 e. The number of carboxylic acids is 1. The molecule has 2 rings (SSSR count). The Morgan fingerprint density at radius 2 is 1.97 bits per heavy atom. The number of ether oxygens (including phenoxy) is 2. The lowest BCUT2D eigenvalue weighted by atomic mass is 10.1. The first kappa shape index (κ1) is 23.2. The lowest BCUT2D eigenvalue weighted by Crippen LogP contribution is -2.33. The molecule has 4 N–H and O–H groups in total. The molecule has 0 aliphatic rings. The van der Waals surface area contributed by atoms with Crippen LogP contribution in [0, 0.1) is 0 Å². The zero-order valence-corrected chi connectivity index (χ0v) is 17.3. The molecule has 0 fully saturated rings. The number of aliphatic carboxylic acids is 1. The Labute approximate surface area is 174 Å². The van der Waals surface area contributed by atoms with Crippen LogP contribution in [0.15, 0.2) is 36.8 Å². The van der Waals surface area contributed by atoms with Crippen molar-refractivity contribution in [1.82, 2.24) is 14.9 Å². The number of carboxylic acid groups (broad SMARTS) is 1. The van der Waals surface area contributed by atoms with Gasteiger partial charge in [0.15, 0.2) is 0 Å². The number of alkyl carbamates (subject to hydrolysis) is 1. The highest BCUT2D eigenvalue weighted by Gasteiger charge is 2.18. The number of carbonyl (C=O) groups excluding carboxylic acids is 1. The van der Waals surface area contributed by atoms with Crippen LogP contribution in [0.4, 0.5) is 4.79 Å². The van der Waals surface area contributed by atoms with Crippen molar-refractivity contribution in [1.29, 1.82) is 0 Å². The summed E-state index contributed by atoms with van der Waals surface area (Å²) in [4.78, 5) is 31.2. The van der Waals surface area contributed by atoms with E-state index in [1.54, 1.807) is 18.5 Å². The summed E-state index contributed by atoms with van der Waals surface area (Å²) >= 11 is 0. The highest BCUT2D eigenvalue weighted by Crippen LogP contribution is 2.21. The molecule has 1 amide bonds. The van der Waals surface area contributed by atoms with Crippen LogP contribution in [-0.2, 0) is 20.9 Å². The molecule has 1 heterocycles. The monoisotopic (exact) mass is 420 g/mol. The lowest BCUT2D eigenvalue weighted by Gasteiger charge is -2.19. The fourth-order valence-electron chi connectivity index (χ4n) is 2.46. The zero-order valence-electron chi connectivity index (χ0n) is 17.3. The summed E-state index contributed by atoms with van der Waals surface area (Å²) in [6.07, 6.45) is 2.71. The van der Waals surface area contributed by atoms with Gasteiger partial charge >= 0.3 is 12.1 Å². The molecule has 1 atom stereocenters. The summed E-state index contributed by atoms with van der Waals surface area (Å²) in [6, 6.07) is 7.08. The molecule has 0 spiro atoms. The number of benzene rings is 1. The molecular formula is C20H28N4O6. The number of nitrogens with two attached hydrogens (primary N) is 1. The Morgan fingerprint density at radius 3 is 2.57 bits per heavy atom. The van der Waals surface area contributed by atoms with Crippen LogP contribution in [0.2, 0.25) is 0 Å². The van der Waals surface area contributed by atoms with Crippen LogP contribution in [0.1, 0.15) is 27.2 Å². The predicted molar refractivity (Wildman–Crippen MR) is 109 cm³/mol. The van der Waals surface area contributed by atoms with E-state index in [0.29, 0.717) is 18.8 Å². The topological polar surface area (TPSA) is 138 Å². The third kappa shape index (κ3) is 7.72. The Kier molecular flexibility index (Phi) is 8.19. The smallest absolute Gasteiger partial charge is 0.407 e. The minimum atomic E-state index is -1.23. The number of nitrogens with zero attached hydrogens (tertiary/aromatic N) is 2. The number of imidazole rings is 1. The van der Waals surface area contributed by atoms with Gasteiger partial charge in [-0.15, -0.1) is 0 Å². The Morgan fingerprint density at radius 1 is 1.27 bits per heavy atom. The number of carbonyl (C=O) groups is 2. The molecule has 0 radical (unpaired) electrons. The average molecular weight is 420 g/mol. The molecule has 1 aromatic carbocycles. The van der Waals surface area contributed by atoms with Crippen LogP contribution < -0.4 is 16.0 Å². The van der Waals surface area contributed by atoms with Crippen molar-refractivity contribution in [3.8, 4) is 17.0 Å². The molecular weight excluding hydrogens is 392 g/mol. The van der Waals surface area contributed by atoms with Gasteiger partial charge in [0.25, 0.3) is 0 Å². The highest BCUT2D eigenvalue weighted by molar-refractivity contribution is 5.72. The fourth-order valence-corrected chi connectivity index (χ4v) is 2.46. The van der Waals surface area contributed by atoms with E-state index in [1.807, 2.05) is 43.7 Å². The van der Waals surface area contributed by atoms with Crippen LogP contribution in [0.3, 0.4) is 0 Å². The van der Waals surface area contributed by atoms with E-state index in [2.05, 4.69) is 15.1 Å². The van der Waals surface area contributed by atoms with Crippen LogP contribution >= 0.6 is 0 Å². The van der Waals surface area contributed by atoms with Gasteiger partial charge in [0.1, 0.15) is 18.0 Å². The van der Waals surface area contributed by atoms with Crippen molar-refractivity contribution in [2.24, 2.45) is 5.90 Å². The maximum absolute atomic E-state index is 11.6. The number of hydrogen-bond acceptors (Lipinski definition) is 7. The van der Waals surface area contributed by atoms with Gasteiger partial charge in [-0.3, -0.25) is 4.84 Å². The van der Waals surface area contributed by atoms with Crippen LogP contribution in [0.25, 0.3) is 11.3 Å². The third-order valence-corrected chi connectivity index (χ3v) is 3.89. The lowest BCUT2D eigenvalue weighted by molar-refractivity contribution is -0.152. The quantitative estimate of drug-likeness (QED) is 0.393. The molecule has 0 aliphatic heterocycles. The SMILES string of the molecule is CC(C)(C)OC(=O)NCCCn1cnc(-c2ccc(OCC(ON)C(=O)O)cc2)c1. The number of amides is 1. The van der Waals surface area contributed by atoms with Gasteiger partial charge in [0.05, 0.1) is 12.0 Å². The van der Waals surface area contributed by atoms with Gasteiger partial charge in [0, 0.05) is 24.8 Å². The number of nitrogens with one attached hydrogen (secondary N) is 1. The van der Waals surface area contributed by atoms with Crippen molar-refractivity contribution >= 4 is 12.1 Å². The first-order chi connectivity index (χ1) is 14.2. The molecule has 1 unspecified atom stereocenters. The van der Waals surface area contributed by atoms with Gasteiger partial charge in [-0.05, 0) is 51.5 Å². The van der Waals surface area contributed by atoms with E-state index < -0.39 is 23.8 Å². The minimum absolute atomic E-state index is 0.197. The molecule has 1 aromatic heterocycles. The Balaban J connectivity index is 1.80. The molecule has 30 heavy (non-hydrogen) atoms. The van der Waals surface area contributed by atoms with E-state index in [4.69, 9.17) is 20.5 Å². The molecule has 164 valence electrons. The first-order valence-electron chi connectivity index (χ1n) is 9.48. The number of aromatic nitrogens is 2. The van der Waals surface area contributed by atoms with E-state index in [9.17, 15) is 9.59 Å². The van der Waals surface area contributed by atoms with Crippen molar-refractivity contribution < 1.29 is 29.0 Å². The summed E-state index contributed by atoms with van der Waals surface area (Å²) in [7, 11) is 0. The maximum Gasteiger partial charge on any atom is 0.407 e. The number of hydrogen-bond donors (Lipinski definition) is 3. The van der Waals surface area contributed by atoms with E-state index in [1.165, 1.54) is 0 Å². The Hall–Kier alpha value is -3.11. The average Bonchev–Trinajstić information content (AvgIpc) is 3.13. The number of rotatable bonds is 10. The van der Waals surface area contributed by atoms with E-state index >= 15 is 0 Å². The fraction of sp³-hybridized carbons (Fsp3) is 0.450. The van der Waals surface area contributed by atoms with Crippen molar-refractivity contribution in [2.75, 3.05) is 13.2 Å². The first-order valence-corrected chi connectivity index (χ1v) is 9.48. The predicted octanol–water partition coefficient (Wildman–Crippen LogP) is 2.19. The highest BCUT2D eigenvalue weighted by atomic mass is 16.6. The van der Waals surface area contributed by atoms with Crippen molar-refractivity contribution in [2.45, 2.75) is 45.4 Å². The number of aryl methyl sites for hydroxylation is 1. The van der Waals surface area contributed by atoms with Gasteiger partial charge in [-0.25, -0.2) is 20.5 Å². The third-order valence-electron chi connectivity index (χ3n) is 3.89. The molecule has 10 nitrogen and oxygen atoms in total. The molecule has 0 aliphatic carbocycles. The van der Waals surface area contributed by atoms with E-state index in [-0.39, 0.29) is 6.61 Å². The molecule has 0 saturated heterocycles. The second kappa shape index (κ2) is 10.6. The summed E-state index contributed by atoms with van der Waals surface area (Å²) in [5.74, 6) is 4.23. The van der Waals surface area contributed by atoms with Gasteiger partial charge in [0.2, 0.25) is 6.10 Å². The second-order valence-corrected chi connectivity index (χ2v) is 7.58. The van der Waals surface area contributed by atoms with Gasteiger partial charge in [-0.1, -0.05) is 0 Å². The normalized spacial score (nSPS) is 12.3. The molecule has 0 bridgehead atoms. The van der Waals surface area contributed by atoms with Gasteiger partial charge in [-0.2, -0.15) is 0 Å². The molecule has 0 saturated carbocycles. The van der Waals surface area contributed by atoms with E-state index in [0.717, 1.165) is 17.7 Å². The standard InChI is InChI=1S/C20H28N4O6/c1-20(2,3)29-19(27)22-9-4-10-24-11-16(23-13-24)14-5-7-15(8-6-14)28-12-17(30-21)18(25)26/h5-8,11,13,17H,4,9-10,12,21H2,1-3H3,(H,22,27)(H,25,26). The van der Waals surface area contributed by atoms with Crippen LogP contribution in [-0.4, -0.2) is 51.6 Å². The molecule has 10 heteroatoms. The second-order valence-electron chi connectivity index (χ2n) is 7.58. The van der Waals surface area contributed by atoms with Crippen LogP contribution in [0.5, 0.6) is 5.75 Å². The van der Waals surface area contributed by atoms with Crippen molar-refractivity contribution in [3.05, 3.63) is 36.8 Å². The summed E-state index contributed by atoms with van der Waals surface area (Å²) < 4.78 is 12.5. The van der Waals surface area contributed by atoms with Gasteiger partial charge < -0.3 is 24.5 Å². The maximum atomic E-state index is 11.6. The summed E-state index contributed by atoms with van der Waals surface area (Å²) in [5, 5.41) is 11.6. The Bertz CT molecular complexity index is 829. The summed E-state index contributed by atoms with van der Waals surface area (Å²) in [6.45, 7) is 6.45. The molecule has 2 aromatic rings. The summed E-state index contributed by atoms with van der Waals surface area (Å²) in [5.41, 5.74) is 1.16. The van der Waals surface area contributed by atoms with Crippen molar-refractivity contribution in [3.63, 3.8) is 0 Å². The largest absolute Gasteiger partial charge is 0.490 e.